The van der Waals surface area contributed by atoms with E-state index in [1.54, 1.807) is 14.0 Å². The summed E-state index contributed by atoms with van der Waals surface area (Å²) in [5, 5.41) is 17.5. The molecule has 21 heavy (non-hydrogen) atoms. The van der Waals surface area contributed by atoms with E-state index in [0.29, 0.717) is 31.2 Å². The molecule has 1 fully saturated rings. The van der Waals surface area contributed by atoms with Crippen LogP contribution in [0.1, 0.15) is 26.2 Å². The first kappa shape index (κ1) is 16.3. The number of aliphatic hydroxyl groups is 1. The van der Waals surface area contributed by atoms with E-state index in [4.69, 9.17) is 16.3 Å². The zero-order valence-corrected chi connectivity index (χ0v) is 13.2. The van der Waals surface area contributed by atoms with Crippen LogP contribution < -0.4 is 10.9 Å². The maximum absolute atomic E-state index is 12.3. The van der Waals surface area contributed by atoms with Gasteiger partial charge in [-0.2, -0.15) is 5.10 Å². The molecule has 0 spiro atoms. The van der Waals surface area contributed by atoms with Crippen molar-refractivity contribution >= 4 is 17.3 Å². The molecule has 0 aromatic carbocycles. The Hall–Kier alpha value is -1.11. The number of ether oxygens (including phenoxy) is 1. The number of hydrogen-bond acceptors (Lipinski definition) is 5. The number of anilines is 1. The second-order valence-electron chi connectivity index (χ2n) is 5.89. The summed E-state index contributed by atoms with van der Waals surface area (Å²) in [6, 6.07) is 0. The molecule has 0 radical (unpaired) electrons. The summed E-state index contributed by atoms with van der Waals surface area (Å²) >= 11 is 6.04. The van der Waals surface area contributed by atoms with Gasteiger partial charge in [-0.05, 0) is 25.7 Å². The predicted octanol–water partition coefficient (Wildman–Crippen LogP) is 1.51. The minimum absolute atomic E-state index is 0.221. The minimum Gasteiger partial charge on any atom is -0.388 e. The van der Waals surface area contributed by atoms with Crippen LogP contribution in [-0.4, -0.2) is 40.7 Å². The van der Waals surface area contributed by atoms with Gasteiger partial charge in [0, 0.05) is 33.2 Å². The number of halogens is 1. The number of nitrogens with zero attached hydrogens (tertiary/aromatic N) is 2. The summed E-state index contributed by atoms with van der Waals surface area (Å²) in [6.45, 7) is 2.99. The second-order valence-corrected chi connectivity index (χ2v) is 6.30. The van der Waals surface area contributed by atoms with Gasteiger partial charge in [0.05, 0.1) is 16.8 Å². The first-order valence-corrected chi connectivity index (χ1v) is 7.51. The number of nitrogens with one attached hydrogen (secondary N) is 1. The summed E-state index contributed by atoms with van der Waals surface area (Å²) in [4.78, 5) is 12.3. The molecule has 1 aromatic rings. The zero-order chi connectivity index (χ0) is 15.5. The molecular formula is C14H22ClN3O3. The van der Waals surface area contributed by atoms with Crippen LogP contribution in [0.2, 0.25) is 5.02 Å². The van der Waals surface area contributed by atoms with Crippen LogP contribution in [0.5, 0.6) is 0 Å². The Morgan fingerprint density at radius 3 is 2.95 bits per heavy atom. The molecule has 0 bridgehead atoms. The van der Waals surface area contributed by atoms with Crippen molar-refractivity contribution < 1.29 is 9.84 Å². The van der Waals surface area contributed by atoms with E-state index in [1.807, 2.05) is 0 Å². The van der Waals surface area contributed by atoms with Crippen molar-refractivity contribution in [2.45, 2.75) is 38.3 Å². The molecule has 1 unspecified atom stereocenters. The largest absolute Gasteiger partial charge is 0.388 e. The highest BCUT2D eigenvalue weighted by molar-refractivity contribution is 6.32. The lowest BCUT2D eigenvalue weighted by atomic mass is 10.0. The van der Waals surface area contributed by atoms with Gasteiger partial charge in [-0.1, -0.05) is 11.6 Å². The molecule has 1 aliphatic carbocycles. The molecule has 2 N–H and O–H groups in total. The third-order valence-electron chi connectivity index (χ3n) is 3.62. The topological polar surface area (TPSA) is 76.4 Å². The first-order chi connectivity index (χ1) is 9.93. The minimum atomic E-state index is -0.976. The normalized spacial score (nSPS) is 17.5. The first-order valence-electron chi connectivity index (χ1n) is 7.14. The molecule has 6 nitrogen and oxygen atoms in total. The highest BCUT2D eigenvalue weighted by Gasteiger charge is 2.25. The summed E-state index contributed by atoms with van der Waals surface area (Å²) in [6.07, 6.45) is 4.23. The SMILES string of the molecule is COCCC(C)(O)CNc1c(Cl)cnn(CC2CC2)c1=O. The molecule has 0 aliphatic heterocycles. The van der Waals surface area contributed by atoms with Gasteiger partial charge in [0.1, 0.15) is 5.69 Å². The van der Waals surface area contributed by atoms with Gasteiger partial charge >= 0.3 is 0 Å². The molecule has 7 heteroatoms. The van der Waals surface area contributed by atoms with E-state index in [9.17, 15) is 9.90 Å². The van der Waals surface area contributed by atoms with E-state index >= 15 is 0 Å². The van der Waals surface area contributed by atoms with E-state index in [2.05, 4.69) is 10.4 Å². The van der Waals surface area contributed by atoms with Gasteiger partial charge in [-0.25, -0.2) is 4.68 Å². The standard InChI is InChI=1S/C14H22ClN3O3/c1-14(20,5-6-21-2)9-16-12-11(15)7-17-18(13(12)19)8-10-3-4-10/h7,10,16,20H,3-6,8-9H2,1-2H3. The third kappa shape index (κ3) is 4.69. The van der Waals surface area contributed by atoms with Gasteiger partial charge in [0.25, 0.3) is 5.56 Å². The van der Waals surface area contributed by atoms with Gasteiger partial charge in [0.2, 0.25) is 0 Å². The number of hydrogen-bond donors (Lipinski definition) is 2. The Kier molecular flexibility index (Phi) is 5.24. The summed E-state index contributed by atoms with van der Waals surface area (Å²) in [5.41, 5.74) is -0.918. The Balaban J connectivity index is 2.06. The quantitative estimate of drug-likeness (QED) is 0.760. The fourth-order valence-corrected chi connectivity index (χ4v) is 2.18. The van der Waals surface area contributed by atoms with Crippen molar-refractivity contribution in [3.8, 4) is 0 Å². The van der Waals surface area contributed by atoms with E-state index in [0.717, 1.165) is 12.8 Å². The highest BCUT2D eigenvalue weighted by atomic mass is 35.5. The van der Waals surface area contributed by atoms with E-state index < -0.39 is 5.60 Å². The number of rotatable bonds is 8. The lowest BCUT2D eigenvalue weighted by molar-refractivity contribution is 0.0357. The van der Waals surface area contributed by atoms with Crippen LogP contribution in [0.3, 0.4) is 0 Å². The van der Waals surface area contributed by atoms with Crippen molar-refractivity contribution in [3.63, 3.8) is 0 Å². The smallest absolute Gasteiger partial charge is 0.291 e. The number of aromatic nitrogens is 2. The van der Waals surface area contributed by atoms with Crippen molar-refractivity contribution in [1.29, 1.82) is 0 Å². The average Bonchev–Trinajstić information content (AvgIpc) is 3.24. The van der Waals surface area contributed by atoms with Crippen LogP contribution in [0.4, 0.5) is 5.69 Å². The molecule has 1 saturated carbocycles. The van der Waals surface area contributed by atoms with Crippen molar-refractivity contribution in [3.05, 3.63) is 21.6 Å². The molecule has 1 atom stereocenters. The van der Waals surface area contributed by atoms with Crippen molar-refractivity contribution in [2.24, 2.45) is 5.92 Å². The van der Waals surface area contributed by atoms with Crippen molar-refractivity contribution in [2.75, 3.05) is 25.6 Å². The maximum Gasteiger partial charge on any atom is 0.291 e. The molecule has 0 saturated heterocycles. The van der Waals surface area contributed by atoms with E-state index in [-0.39, 0.29) is 17.1 Å². The molecular weight excluding hydrogens is 294 g/mol. The highest BCUT2D eigenvalue weighted by Crippen LogP contribution is 2.30. The Morgan fingerprint density at radius 1 is 1.62 bits per heavy atom. The summed E-state index contributed by atoms with van der Waals surface area (Å²) in [7, 11) is 1.58. The Morgan fingerprint density at radius 2 is 2.33 bits per heavy atom. The third-order valence-corrected chi connectivity index (χ3v) is 3.90. The van der Waals surface area contributed by atoms with Crippen LogP contribution in [0, 0.1) is 5.92 Å². The molecule has 2 rings (SSSR count). The van der Waals surface area contributed by atoms with Crippen LogP contribution in [0.25, 0.3) is 0 Å². The lowest BCUT2D eigenvalue weighted by Gasteiger charge is -2.24. The maximum atomic E-state index is 12.3. The Labute approximate surface area is 129 Å². The fourth-order valence-electron chi connectivity index (χ4n) is 1.99. The average molecular weight is 316 g/mol. The van der Waals surface area contributed by atoms with Gasteiger partial charge < -0.3 is 15.2 Å². The second kappa shape index (κ2) is 6.77. The summed E-state index contributed by atoms with van der Waals surface area (Å²) < 4.78 is 6.40. The molecule has 1 aliphatic rings. The molecule has 0 amide bonds. The lowest BCUT2D eigenvalue weighted by Crippen LogP contribution is -2.37. The van der Waals surface area contributed by atoms with Crippen LogP contribution in [-0.2, 0) is 11.3 Å². The molecule has 1 aromatic heterocycles. The van der Waals surface area contributed by atoms with Crippen LogP contribution in [0.15, 0.2) is 11.0 Å². The van der Waals surface area contributed by atoms with Crippen LogP contribution >= 0.6 is 11.6 Å². The van der Waals surface area contributed by atoms with Gasteiger partial charge in [-0.3, -0.25) is 4.79 Å². The van der Waals surface area contributed by atoms with Gasteiger partial charge in [-0.15, -0.1) is 0 Å². The molecule has 1 heterocycles. The number of methoxy groups -OCH3 is 1. The predicted molar refractivity (Wildman–Crippen MR) is 81.8 cm³/mol. The zero-order valence-electron chi connectivity index (χ0n) is 12.4. The van der Waals surface area contributed by atoms with E-state index in [1.165, 1.54) is 10.9 Å². The van der Waals surface area contributed by atoms with Gasteiger partial charge in [0.15, 0.2) is 0 Å². The Bertz CT molecular complexity index is 541. The van der Waals surface area contributed by atoms with Crippen molar-refractivity contribution in [1.82, 2.24) is 9.78 Å². The summed E-state index contributed by atoms with van der Waals surface area (Å²) in [5.74, 6) is 0.550. The monoisotopic (exact) mass is 315 g/mol. The molecule has 118 valence electrons. The fraction of sp³-hybridized carbons (Fsp3) is 0.714.